The van der Waals surface area contributed by atoms with Crippen molar-refractivity contribution in [3.05, 3.63) is 50.5 Å². The van der Waals surface area contributed by atoms with Gasteiger partial charge in [-0.3, -0.25) is 18.9 Å². The number of aromatic hydroxyl groups is 1. The minimum atomic E-state index is -0.287. The van der Waals surface area contributed by atoms with Crippen LogP contribution in [0, 0.1) is 4.77 Å². The number of rotatable bonds is 3. The Morgan fingerprint density at radius 2 is 1.91 bits per heavy atom. The minimum Gasteiger partial charge on any atom is -0.494 e. The van der Waals surface area contributed by atoms with E-state index in [2.05, 4.69) is 4.99 Å². The highest BCUT2D eigenvalue weighted by Gasteiger charge is 2.17. The molecule has 0 spiro atoms. The van der Waals surface area contributed by atoms with E-state index < -0.39 is 0 Å². The number of benzene rings is 1. The average Bonchev–Trinajstić information content (AvgIpc) is 2.95. The first-order valence-corrected chi connectivity index (χ1v) is 7.91. The van der Waals surface area contributed by atoms with Gasteiger partial charge in [-0.1, -0.05) is 18.2 Å². The van der Waals surface area contributed by atoms with Crippen LogP contribution in [0.5, 0.6) is 5.88 Å². The van der Waals surface area contributed by atoms with Gasteiger partial charge in [0.05, 0.1) is 5.69 Å². The van der Waals surface area contributed by atoms with Gasteiger partial charge in [0.1, 0.15) is 5.56 Å². The molecule has 0 radical (unpaired) electrons. The summed E-state index contributed by atoms with van der Waals surface area (Å²) in [5.74, 6) is -0.0996. The van der Waals surface area contributed by atoms with Crippen molar-refractivity contribution in [3.8, 4) is 5.88 Å². The van der Waals surface area contributed by atoms with Crippen molar-refractivity contribution in [2.24, 2.45) is 4.99 Å². The number of nitrogens with zero attached hydrogens (tertiary/aromatic N) is 3. The minimum absolute atomic E-state index is 0.0996. The van der Waals surface area contributed by atoms with E-state index in [1.807, 2.05) is 38.1 Å². The molecule has 0 saturated heterocycles. The topological polar surface area (TPSA) is 59.5 Å². The molecule has 1 aromatic heterocycles. The molecule has 3 rings (SSSR count). The summed E-state index contributed by atoms with van der Waals surface area (Å²) in [4.78, 5) is 17.0. The molecule has 1 aliphatic heterocycles. The van der Waals surface area contributed by atoms with Crippen molar-refractivity contribution < 1.29 is 5.11 Å². The summed E-state index contributed by atoms with van der Waals surface area (Å²) in [6, 6.07) is 7.69. The predicted molar refractivity (Wildman–Crippen MR) is 95.0 cm³/mol. The van der Waals surface area contributed by atoms with Gasteiger partial charge in [0.25, 0.3) is 5.56 Å². The molecule has 5 nitrogen and oxygen atoms in total. The lowest BCUT2D eigenvalue weighted by Gasteiger charge is -2.14. The number of fused-ring (bicyclic) bond motifs is 1. The van der Waals surface area contributed by atoms with Crippen molar-refractivity contribution in [2.75, 3.05) is 0 Å². The number of hydrogen-bond donors (Lipinski definition) is 1. The molecule has 2 aromatic rings. The number of hydrogen-bond acceptors (Lipinski definition) is 4. The van der Waals surface area contributed by atoms with Crippen LogP contribution in [-0.2, 0) is 13.1 Å². The van der Waals surface area contributed by atoms with Crippen LogP contribution < -0.4 is 5.56 Å². The van der Waals surface area contributed by atoms with Crippen LogP contribution in [0.2, 0.25) is 0 Å². The fourth-order valence-corrected chi connectivity index (χ4v) is 3.14. The third-order valence-corrected chi connectivity index (χ3v) is 4.36. The Hall–Kier alpha value is -2.47. The monoisotopic (exact) mass is 327 g/mol. The largest absolute Gasteiger partial charge is 0.494 e. The number of aliphatic imine (C=N–C) groups is 1. The number of para-hydroxylation sites is 1. The Labute approximate surface area is 138 Å². The Balaban J connectivity index is 2.27. The first-order valence-electron chi connectivity index (χ1n) is 7.50. The summed E-state index contributed by atoms with van der Waals surface area (Å²) < 4.78 is 3.38. The van der Waals surface area contributed by atoms with Crippen molar-refractivity contribution in [1.82, 2.24) is 9.13 Å². The Bertz CT molecular complexity index is 951. The summed E-state index contributed by atoms with van der Waals surface area (Å²) in [7, 11) is 0. The Kier molecular flexibility index (Phi) is 4.00. The van der Waals surface area contributed by atoms with Crippen molar-refractivity contribution in [3.63, 3.8) is 0 Å². The molecular weight excluding hydrogens is 310 g/mol. The zero-order valence-electron chi connectivity index (χ0n) is 13.0. The summed E-state index contributed by atoms with van der Waals surface area (Å²) in [5.41, 5.74) is 2.55. The lowest BCUT2D eigenvalue weighted by molar-refractivity contribution is 0.399. The fourth-order valence-electron chi connectivity index (χ4n) is 2.71. The molecule has 0 fully saturated rings. The second-order valence-electron chi connectivity index (χ2n) is 5.19. The van der Waals surface area contributed by atoms with E-state index in [0.29, 0.717) is 17.9 Å². The van der Waals surface area contributed by atoms with Crippen LogP contribution in [0.3, 0.4) is 0 Å². The van der Waals surface area contributed by atoms with E-state index in [-0.39, 0.29) is 17.0 Å². The molecule has 6 heteroatoms. The van der Waals surface area contributed by atoms with Gasteiger partial charge in [0.15, 0.2) is 4.77 Å². The van der Waals surface area contributed by atoms with E-state index in [0.717, 1.165) is 16.8 Å². The summed E-state index contributed by atoms with van der Waals surface area (Å²) in [6.07, 6.45) is 3.39. The van der Waals surface area contributed by atoms with E-state index in [1.165, 1.54) is 4.57 Å². The van der Waals surface area contributed by atoms with E-state index in [4.69, 9.17) is 12.2 Å². The van der Waals surface area contributed by atoms with Gasteiger partial charge in [0.2, 0.25) is 5.88 Å². The number of allylic oxidation sites excluding steroid dienone is 1. The molecule has 0 saturated carbocycles. The molecule has 0 aliphatic carbocycles. The summed E-state index contributed by atoms with van der Waals surface area (Å²) in [5, 5.41) is 10.5. The molecule has 0 bridgehead atoms. The normalized spacial score (nSPS) is 14.4. The zero-order valence-corrected chi connectivity index (χ0v) is 13.8. The highest BCUT2D eigenvalue weighted by Crippen LogP contribution is 2.32. The molecule has 23 heavy (non-hydrogen) atoms. The van der Waals surface area contributed by atoms with Gasteiger partial charge >= 0.3 is 0 Å². The van der Waals surface area contributed by atoms with Crippen LogP contribution in [0.1, 0.15) is 25.0 Å². The second-order valence-corrected chi connectivity index (χ2v) is 5.55. The fraction of sp³-hybridized carbons (Fsp3) is 0.235. The Morgan fingerprint density at radius 3 is 2.61 bits per heavy atom. The Morgan fingerprint density at radius 1 is 1.22 bits per heavy atom. The maximum absolute atomic E-state index is 12.6. The molecule has 2 heterocycles. The second kappa shape index (κ2) is 5.96. The molecule has 1 aromatic carbocycles. The highest BCUT2D eigenvalue weighted by molar-refractivity contribution is 7.71. The van der Waals surface area contributed by atoms with Crippen LogP contribution in [0.4, 0.5) is 5.69 Å². The van der Waals surface area contributed by atoms with Crippen molar-refractivity contribution in [2.45, 2.75) is 26.9 Å². The third kappa shape index (κ3) is 2.45. The van der Waals surface area contributed by atoms with Gasteiger partial charge in [-0.25, -0.2) is 0 Å². The zero-order chi connectivity index (χ0) is 16.6. The van der Waals surface area contributed by atoms with Gasteiger partial charge in [-0.15, -0.1) is 0 Å². The molecule has 1 aliphatic rings. The van der Waals surface area contributed by atoms with E-state index >= 15 is 0 Å². The van der Waals surface area contributed by atoms with Gasteiger partial charge in [0, 0.05) is 30.4 Å². The van der Waals surface area contributed by atoms with Crippen LogP contribution >= 0.6 is 12.2 Å². The van der Waals surface area contributed by atoms with Crippen LogP contribution in [-0.4, -0.2) is 20.5 Å². The summed E-state index contributed by atoms with van der Waals surface area (Å²) >= 11 is 5.29. The van der Waals surface area contributed by atoms with Crippen LogP contribution in [0.15, 0.2) is 34.1 Å². The maximum atomic E-state index is 12.6. The quantitative estimate of drug-likeness (QED) is 0.879. The highest BCUT2D eigenvalue weighted by atomic mass is 32.1. The first-order chi connectivity index (χ1) is 11.1. The van der Waals surface area contributed by atoms with Crippen LogP contribution in [0.25, 0.3) is 11.6 Å². The van der Waals surface area contributed by atoms with Gasteiger partial charge in [-0.2, -0.15) is 0 Å². The number of aromatic nitrogens is 2. The molecule has 1 N–H and O–H groups in total. The SMILES string of the molecule is CCn1c(O)c(/C=C2\C=Nc3ccccc32)c(=O)n(CC)c1=S. The van der Waals surface area contributed by atoms with Crippen molar-refractivity contribution in [1.29, 1.82) is 0 Å². The molecule has 118 valence electrons. The molecular formula is C17H17N3O2S. The molecule has 0 unspecified atom stereocenters. The van der Waals surface area contributed by atoms with Crippen molar-refractivity contribution >= 4 is 35.8 Å². The standard InChI is InChI=1S/C17H17N3O2S/c1-3-19-15(21)13(16(22)20(4-2)17(19)23)9-11-10-18-14-8-6-5-7-12(11)14/h5-10,21H,3-4H2,1-2H3/b11-9+. The average molecular weight is 327 g/mol. The summed E-state index contributed by atoms with van der Waals surface area (Å²) in [6.45, 7) is 4.69. The van der Waals surface area contributed by atoms with E-state index in [1.54, 1.807) is 16.9 Å². The van der Waals surface area contributed by atoms with E-state index in [9.17, 15) is 9.90 Å². The smallest absolute Gasteiger partial charge is 0.265 e. The molecule has 0 amide bonds. The predicted octanol–water partition coefficient (Wildman–Crippen LogP) is 3.38. The maximum Gasteiger partial charge on any atom is 0.265 e. The third-order valence-electron chi connectivity index (χ3n) is 3.92. The van der Waals surface area contributed by atoms with Gasteiger partial charge in [-0.05, 0) is 38.2 Å². The lowest BCUT2D eigenvalue weighted by atomic mass is 10.1. The molecule has 0 atom stereocenters. The lowest BCUT2D eigenvalue weighted by Crippen LogP contribution is -2.26. The first kappa shape index (κ1) is 15.4. The van der Waals surface area contributed by atoms with Gasteiger partial charge < -0.3 is 5.11 Å².